The second-order valence-corrected chi connectivity index (χ2v) is 8.05. The number of fused-ring (bicyclic) bond motifs is 1. The molecule has 1 aliphatic carbocycles. The van der Waals surface area contributed by atoms with Gasteiger partial charge in [0.05, 0.1) is 22.8 Å². The van der Waals surface area contributed by atoms with Crippen LogP contribution in [0.2, 0.25) is 0 Å². The Balaban J connectivity index is 1.75. The Bertz CT molecular complexity index is 963. The molecule has 2 aromatic heterocycles. The predicted octanol–water partition coefficient (Wildman–Crippen LogP) is 5.27. The van der Waals surface area contributed by atoms with Gasteiger partial charge in [0.1, 0.15) is 17.7 Å². The molecule has 0 radical (unpaired) electrons. The van der Waals surface area contributed by atoms with Gasteiger partial charge in [-0.15, -0.1) is 0 Å². The molecule has 0 saturated heterocycles. The fourth-order valence-corrected chi connectivity index (χ4v) is 4.68. The maximum atomic E-state index is 10.7. The molecule has 1 saturated carbocycles. The zero-order chi connectivity index (χ0) is 20.5. The van der Waals surface area contributed by atoms with Gasteiger partial charge >= 0.3 is 0 Å². The fraction of sp³-hybridized carbons (Fsp3) is 0.565. The third kappa shape index (κ3) is 3.71. The summed E-state index contributed by atoms with van der Waals surface area (Å²) in [5.41, 5.74) is 4.96. The van der Waals surface area contributed by atoms with Gasteiger partial charge in [-0.3, -0.25) is 0 Å². The maximum Gasteiger partial charge on any atom is 0.141 e. The van der Waals surface area contributed by atoms with Crippen LogP contribution in [0.4, 0.5) is 0 Å². The van der Waals surface area contributed by atoms with E-state index in [1.54, 1.807) is 0 Å². The van der Waals surface area contributed by atoms with Gasteiger partial charge in [-0.25, -0.2) is 4.98 Å². The second kappa shape index (κ2) is 8.28. The summed E-state index contributed by atoms with van der Waals surface area (Å²) in [6.45, 7) is 8.71. The summed E-state index contributed by atoms with van der Waals surface area (Å²) in [5, 5.41) is 14.8. The molecule has 1 atom stereocenters. The van der Waals surface area contributed by atoms with Gasteiger partial charge in [0.2, 0.25) is 0 Å². The molecule has 29 heavy (non-hydrogen) atoms. The van der Waals surface area contributed by atoms with Crippen LogP contribution in [0, 0.1) is 13.8 Å². The lowest BCUT2D eigenvalue weighted by atomic mass is 9.92. The number of benzene rings is 1. The standard InChI is InChI=1S/C23H31N3O3/c1-5-21(27)23-24-19-13-16(22-14(3)25-29-15(22)4)7-12-20(19)26(23)17-8-10-18(11-9-17)28-6-2/h7,12-13,17-18,21,27H,5-6,8-11H2,1-4H3/t17-,18-,21?. The number of aryl methyl sites for hydroxylation is 2. The van der Waals surface area contributed by atoms with E-state index in [-0.39, 0.29) is 0 Å². The van der Waals surface area contributed by atoms with E-state index >= 15 is 0 Å². The van der Waals surface area contributed by atoms with Crippen molar-refractivity contribution in [1.29, 1.82) is 0 Å². The van der Waals surface area contributed by atoms with Crippen molar-refractivity contribution in [3.05, 3.63) is 35.5 Å². The molecule has 6 nitrogen and oxygen atoms in total. The minimum Gasteiger partial charge on any atom is -0.385 e. The molecule has 2 heterocycles. The van der Waals surface area contributed by atoms with Gasteiger partial charge in [-0.05, 0) is 70.6 Å². The van der Waals surface area contributed by atoms with Gasteiger partial charge in [-0.2, -0.15) is 0 Å². The molecule has 3 aromatic rings. The van der Waals surface area contributed by atoms with Crippen LogP contribution in [0.5, 0.6) is 0 Å². The minimum atomic E-state index is -0.561. The van der Waals surface area contributed by atoms with Gasteiger partial charge in [-0.1, -0.05) is 18.1 Å². The van der Waals surface area contributed by atoms with Crippen molar-refractivity contribution >= 4 is 11.0 Å². The molecule has 1 N–H and O–H groups in total. The molecule has 1 unspecified atom stereocenters. The quantitative estimate of drug-likeness (QED) is 0.613. The molecule has 1 aromatic carbocycles. The zero-order valence-corrected chi connectivity index (χ0v) is 17.8. The molecule has 1 aliphatic rings. The molecule has 0 amide bonds. The molecular weight excluding hydrogens is 366 g/mol. The number of hydrogen-bond donors (Lipinski definition) is 1. The highest BCUT2D eigenvalue weighted by Gasteiger charge is 2.28. The molecule has 0 spiro atoms. The second-order valence-electron chi connectivity index (χ2n) is 8.05. The number of aromatic nitrogens is 3. The first-order valence-corrected chi connectivity index (χ1v) is 10.8. The van der Waals surface area contributed by atoms with Crippen molar-refractivity contribution in [3.8, 4) is 11.1 Å². The molecule has 156 valence electrons. The third-order valence-electron chi connectivity index (χ3n) is 6.13. The molecule has 1 fully saturated rings. The number of hydrogen-bond acceptors (Lipinski definition) is 5. The Hall–Kier alpha value is -2.18. The van der Waals surface area contributed by atoms with Crippen LogP contribution in [0.1, 0.15) is 75.4 Å². The highest BCUT2D eigenvalue weighted by atomic mass is 16.5. The van der Waals surface area contributed by atoms with Crippen molar-refractivity contribution in [3.63, 3.8) is 0 Å². The van der Waals surface area contributed by atoms with Crippen LogP contribution in [0.3, 0.4) is 0 Å². The number of rotatable bonds is 6. The molecule has 0 aliphatic heterocycles. The van der Waals surface area contributed by atoms with Crippen molar-refractivity contribution in [1.82, 2.24) is 14.7 Å². The van der Waals surface area contributed by atoms with Crippen molar-refractivity contribution in [2.24, 2.45) is 0 Å². The van der Waals surface area contributed by atoms with Gasteiger partial charge in [0.15, 0.2) is 0 Å². The van der Waals surface area contributed by atoms with Crippen molar-refractivity contribution in [2.75, 3.05) is 6.61 Å². The Morgan fingerprint density at radius 3 is 2.59 bits per heavy atom. The summed E-state index contributed by atoms with van der Waals surface area (Å²) in [6.07, 6.45) is 4.64. The summed E-state index contributed by atoms with van der Waals surface area (Å²) in [7, 11) is 0. The number of aliphatic hydroxyl groups excluding tert-OH is 1. The summed E-state index contributed by atoms with van der Waals surface area (Å²) >= 11 is 0. The number of ether oxygens (including phenoxy) is 1. The van der Waals surface area contributed by atoms with E-state index in [9.17, 15) is 5.11 Å². The summed E-state index contributed by atoms with van der Waals surface area (Å²) in [4.78, 5) is 4.87. The number of aliphatic hydroxyl groups is 1. The summed E-state index contributed by atoms with van der Waals surface area (Å²) < 4.78 is 13.4. The first-order valence-electron chi connectivity index (χ1n) is 10.8. The van der Waals surface area contributed by atoms with Crippen LogP contribution in [0.15, 0.2) is 22.7 Å². The normalized spacial score (nSPS) is 21.0. The van der Waals surface area contributed by atoms with E-state index in [2.05, 4.69) is 34.8 Å². The number of imidazole rings is 1. The average Bonchev–Trinajstić information content (AvgIpc) is 3.27. The van der Waals surface area contributed by atoms with E-state index in [1.807, 2.05) is 20.8 Å². The predicted molar refractivity (Wildman–Crippen MR) is 113 cm³/mol. The molecular formula is C23H31N3O3. The topological polar surface area (TPSA) is 73.3 Å². The van der Waals surface area contributed by atoms with Crippen molar-refractivity contribution in [2.45, 2.75) is 78.0 Å². The third-order valence-corrected chi connectivity index (χ3v) is 6.13. The average molecular weight is 398 g/mol. The maximum absolute atomic E-state index is 10.7. The van der Waals surface area contributed by atoms with E-state index in [0.717, 1.165) is 71.7 Å². The minimum absolute atomic E-state index is 0.345. The lowest BCUT2D eigenvalue weighted by Crippen LogP contribution is -2.25. The number of nitrogens with zero attached hydrogens (tertiary/aromatic N) is 3. The molecule has 4 rings (SSSR count). The monoisotopic (exact) mass is 397 g/mol. The lowest BCUT2D eigenvalue weighted by molar-refractivity contribution is 0.0264. The smallest absolute Gasteiger partial charge is 0.141 e. The van der Waals surface area contributed by atoms with Crippen LogP contribution >= 0.6 is 0 Å². The largest absolute Gasteiger partial charge is 0.385 e. The van der Waals surface area contributed by atoms with E-state index in [0.29, 0.717) is 18.6 Å². The van der Waals surface area contributed by atoms with E-state index < -0.39 is 6.10 Å². The van der Waals surface area contributed by atoms with Crippen LogP contribution < -0.4 is 0 Å². The Morgan fingerprint density at radius 1 is 1.21 bits per heavy atom. The van der Waals surface area contributed by atoms with E-state index in [4.69, 9.17) is 14.2 Å². The Kier molecular flexibility index (Phi) is 5.74. The lowest BCUT2D eigenvalue weighted by Gasteiger charge is -2.31. The Morgan fingerprint density at radius 2 is 1.97 bits per heavy atom. The Labute approximate surface area is 171 Å². The van der Waals surface area contributed by atoms with Crippen molar-refractivity contribution < 1.29 is 14.4 Å². The van der Waals surface area contributed by atoms with Gasteiger partial charge in [0.25, 0.3) is 0 Å². The van der Waals surface area contributed by atoms with Crippen LogP contribution in [-0.2, 0) is 4.74 Å². The van der Waals surface area contributed by atoms with Crippen LogP contribution in [0.25, 0.3) is 22.2 Å². The highest BCUT2D eigenvalue weighted by molar-refractivity contribution is 5.83. The highest BCUT2D eigenvalue weighted by Crippen LogP contribution is 2.37. The van der Waals surface area contributed by atoms with Gasteiger partial charge < -0.3 is 18.9 Å². The first-order chi connectivity index (χ1) is 14.0. The molecule has 6 heteroatoms. The molecule has 0 bridgehead atoms. The first kappa shape index (κ1) is 20.1. The van der Waals surface area contributed by atoms with Gasteiger partial charge in [0, 0.05) is 18.2 Å². The summed E-state index contributed by atoms with van der Waals surface area (Å²) in [6, 6.07) is 6.68. The zero-order valence-electron chi connectivity index (χ0n) is 17.8. The SMILES string of the molecule is CCO[C@H]1CC[C@H](n2c(C(O)CC)nc3cc(-c4c(C)noc4C)ccc32)CC1. The van der Waals surface area contributed by atoms with E-state index in [1.165, 1.54) is 0 Å². The fourth-order valence-electron chi connectivity index (χ4n) is 4.68. The summed E-state index contributed by atoms with van der Waals surface area (Å²) in [5.74, 6) is 1.59. The van der Waals surface area contributed by atoms with Crippen LogP contribution in [-0.4, -0.2) is 32.5 Å².